The predicted octanol–water partition coefficient (Wildman–Crippen LogP) is 2.59. The van der Waals surface area contributed by atoms with Gasteiger partial charge in [-0.3, -0.25) is 4.79 Å². The van der Waals surface area contributed by atoms with Crippen LogP contribution in [0.2, 0.25) is 0 Å². The Kier molecular flexibility index (Phi) is 4.63. The topological polar surface area (TPSA) is 49.8 Å². The molecule has 0 spiro atoms. The first-order valence-electron chi connectivity index (χ1n) is 6.90. The molecule has 1 saturated heterocycles. The summed E-state index contributed by atoms with van der Waals surface area (Å²) in [4.78, 5) is 13.6. The Morgan fingerprint density at radius 2 is 2.14 bits per heavy atom. The minimum absolute atomic E-state index is 0.140. The number of halogens is 1. The molecule has 1 aromatic carbocycles. The van der Waals surface area contributed by atoms with Crippen LogP contribution in [0.25, 0.3) is 0 Å². The van der Waals surface area contributed by atoms with Crippen LogP contribution in [0.3, 0.4) is 0 Å². The third kappa shape index (κ3) is 3.24. The van der Waals surface area contributed by atoms with Gasteiger partial charge in [-0.25, -0.2) is 4.39 Å². The Morgan fingerprint density at radius 3 is 2.76 bits per heavy atom. The zero-order valence-corrected chi connectivity index (χ0v) is 12.5. The highest BCUT2D eigenvalue weighted by Gasteiger charge is 2.37. The van der Waals surface area contributed by atoms with Crippen molar-refractivity contribution in [3.8, 4) is 5.75 Å². The minimum atomic E-state index is -0.753. The van der Waals surface area contributed by atoms with E-state index in [1.807, 2.05) is 18.2 Å². The maximum atomic E-state index is 13.9. The van der Waals surface area contributed by atoms with E-state index < -0.39 is 17.8 Å². The van der Waals surface area contributed by atoms with E-state index in [4.69, 9.17) is 4.74 Å². The predicted molar refractivity (Wildman–Crippen MR) is 77.6 cm³/mol. The Bertz CT molecular complexity index is 566. The van der Waals surface area contributed by atoms with Gasteiger partial charge in [-0.2, -0.15) is 0 Å². The number of amides is 1. The molecule has 5 heteroatoms. The number of benzene rings is 1. The highest BCUT2D eigenvalue weighted by Crippen LogP contribution is 2.35. The molecule has 2 atom stereocenters. The second-order valence-electron chi connectivity index (χ2n) is 5.45. The number of nitrogens with zero attached hydrogens (tertiary/aromatic N) is 1. The molecule has 0 bridgehead atoms. The number of rotatable bonds is 3. The van der Waals surface area contributed by atoms with Crippen molar-refractivity contribution in [1.29, 1.82) is 0 Å². The standard InChI is InChI=1S/C16H20FNO3/c1-10(2)15(17)16(20)18-9-12(19)8-14(18)11-5-4-6-13(7-11)21-3/h4-7,12,14,19H,8-9H2,1-3H3/t12-,14-/m0/s1. The number of hydrogen-bond acceptors (Lipinski definition) is 3. The molecule has 1 fully saturated rings. The quantitative estimate of drug-likeness (QED) is 0.872. The Hall–Kier alpha value is -1.88. The van der Waals surface area contributed by atoms with Gasteiger partial charge in [0.05, 0.1) is 19.3 Å². The minimum Gasteiger partial charge on any atom is -0.497 e. The van der Waals surface area contributed by atoms with Gasteiger partial charge in [-0.15, -0.1) is 0 Å². The molecule has 1 aromatic rings. The van der Waals surface area contributed by atoms with E-state index in [1.54, 1.807) is 27.0 Å². The lowest BCUT2D eigenvalue weighted by molar-refractivity contribution is -0.130. The van der Waals surface area contributed by atoms with Crippen molar-refractivity contribution >= 4 is 5.91 Å². The Balaban J connectivity index is 2.32. The number of likely N-dealkylation sites (tertiary alicyclic amines) is 1. The van der Waals surface area contributed by atoms with Gasteiger partial charge in [-0.1, -0.05) is 12.1 Å². The molecule has 114 valence electrons. The summed E-state index contributed by atoms with van der Waals surface area (Å²) in [5.74, 6) is -0.750. The van der Waals surface area contributed by atoms with Gasteiger partial charge >= 0.3 is 0 Å². The number of allylic oxidation sites excluding steroid dienone is 1. The highest BCUT2D eigenvalue weighted by molar-refractivity contribution is 5.92. The lowest BCUT2D eigenvalue weighted by Gasteiger charge is -2.24. The summed E-state index contributed by atoms with van der Waals surface area (Å²) in [5, 5.41) is 9.86. The highest BCUT2D eigenvalue weighted by atomic mass is 19.1. The van der Waals surface area contributed by atoms with Gasteiger partial charge in [0.1, 0.15) is 5.75 Å². The van der Waals surface area contributed by atoms with Crippen LogP contribution in [0.5, 0.6) is 5.75 Å². The van der Waals surface area contributed by atoms with E-state index in [1.165, 1.54) is 4.90 Å². The van der Waals surface area contributed by atoms with Gasteiger partial charge in [0.2, 0.25) is 0 Å². The molecule has 21 heavy (non-hydrogen) atoms. The lowest BCUT2D eigenvalue weighted by Crippen LogP contribution is -2.32. The van der Waals surface area contributed by atoms with Crippen LogP contribution >= 0.6 is 0 Å². The first-order valence-corrected chi connectivity index (χ1v) is 6.90. The maximum Gasteiger partial charge on any atom is 0.283 e. The summed E-state index contributed by atoms with van der Waals surface area (Å²) >= 11 is 0. The summed E-state index contributed by atoms with van der Waals surface area (Å²) < 4.78 is 19.1. The molecule has 0 saturated carbocycles. The zero-order chi connectivity index (χ0) is 15.6. The number of aliphatic hydroxyl groups excluding tert-OH is 1. The van der Waals surface area contributed by atoms with Gasteiger partial charge in [0.25, 0.3) is 5.91 Å². The van der Waals surface area contributed by atoms with Crippen LogP contribution in [0, 0.1) is 0 Å². The summed E-state index contributed by atoms with van der Waals surface area (Å²) in [6.45, 7) is 3.25. The van der Waals surface area contributed by atoms with Crippen LogP contribution in [0.1, 0.15) is 31.9 Å². The van der Waals surface area contributed by atoms with Crippen molar-refractivity contribution in [2.75, 3.05) is 13.7 Å². The second-order valence-corrected chi connectivity index (χ2v) is 5.45. The van der Waals surface area contributed by atoms with Crippen LogP contribution in [-0.2, 0) is 4.79 Å². The number of ether oxygens (including phenoxy) is 1. The number of carbonyl (C=O) groups is 1. The van der Waals surface area contributed by atoms with Crippen LogP contribution < -0.4 is 4.74 Å². The summed E-state index contributed by atoms with van der Waals surface area (Å²) in [7, 11) is 1.56. The summed E-state index contributed by atoms with van der Waals surface area (Å²) in [6.07, 6.45) is -0.246. The molecule has 1 aliphatic rings. The number of methoxy groups -OCH3 is 1. The van der Waals surface area contributed by atoms with E-state index in [2.05, 4.69) is 0 Å². The first-order chi connectivity index (χ1) is 9.93. The molecule has 1 heterocycles. The summed E-state index contributed by atoms with van der Waals surface area (Å²) in [5.41, 5.74) is 1.17. The number of hydrogen-bond donors (Lipinski definition) is 1. The number of β-amino-alcohol motifs (C(OH)–C–C–N with tert-alkyl or cyclic N) is 1. The molecule has 0 unspecified atom stereocenters. The van der Waals surface area contributed by atoms with Crippen LogP contribution in [0.4, 0.5) is 4.39 Å². The van der Waals surface area contributed by atoms with Crippen molar-refractivity contribution in [3.63, 3.8) is 0 Å². The molecule has 0 radical (unpaired) electrons. The third-order valence-electron chi connectivity index (χ3n) is 3.65. The smallest absolute Gasteiger partial charge is 0.283 e. The van der Waals surface area contributed by atoms with E-state index in [0.29, 0.717) is 17.7 Å². The van der Waals surface area contributed by atoms with Crippen molar-refractivity contribution in [2.24, 2.45) is 0 Å². The number of aliphatic hydroxyl groups is 1. The van der Waals surface area contributed by atoms with E-state index in [9.17, 15) is 14.3 Å². The van der Waals surface area contributed by atoms with Gasteiger partial charge < -0.3 is 14.7 Å². The Labute approximate surface area is 123 Å². The molecule has 4 nitrogen and oxygen atoms in total. The SMILES string of the molecule is COc1cccc([C@@H]2C[C@H](O)CN2C(=O)C(F)=C(C)C)c1. The van der Waals surface area contributed by atoms with Crippen molar-refractivity contribution in [2.45, 2.75) is 32.4 Å². The monoisotopic (exact) mass is 293 g/mol. The fourth-order valence-corrected chi connectivity index (χ4v) is 2.54. The largest absolute Gasteiger partial charge is 0.497 e. The summed E-state index contributed by atoms with van der Waals surface area (Å²) in [6, 6.07) is 6.94. The molecular weight excluding hydrogens is 273 g/mol. The van der Waals surface area contributed by atoms with Crippen LogP contribution in [0.15, 0.2) is 35.7 Å². The van der Waals surface area contributed by atoms with Crippen molar-refractivity contribution in [1.82, 2.24) is 4.90 Å². The average Bonchev–Trinajstić information content (AvgIpc) is 2.87. The van der Waals surface area contributed by atoms with Crippen molar-refractivity contribution < 1.29 is 19.0 Å². The zero-order valence-electron chi connectivity index (χ0n) is 12.5. The first kappa shape index (κ1) is 15.5. The lowest BCUT2D eigenvalue weighted by atomic mass is 10.0. The fourth-order valence-electron chi connectivity index (χ4n) is 2.54. The second kappa shape index (κ2) is 6.26. The molecule has 1 aliphatic heterocycles. The Morgan fingerprint density at radius 1 is 1.43 bits per heavy atom. The maximum absolute atomic E-state index is 13.9. The van der Waals surface area contributed by atoms with E-state index in [-0.39, 0.29) is 12.6 Å². The van der Waals surface area contributed by atoms with Crippen LogP contribution in [-0.4, -0.2) is 35.7 Å². The molecule has 0 aliphatic carbocycles. The molecule has 2 rings (SSSR count). The van der Waals surface area contributed by atoms with Gasteiger partial charge in [-0.05, 0) is 43.5 Å². The molecule has 1 amide bonds. The molecule has 1 N–H and O–H groups in total. The van der Waals surface area contributed by atoms with E-state index in [0.717, 1.165) is 5.56 Å². The van der Waals surface area contributed by atoms with Gasteiger partial charge in [0, 0.05) is 6.54 Å². The van der Waals surface area contributed by atoms with Crippen molar-refractivity contribution in [3.05, 3.63) is 41.2 Å². The van der Waals surface area contributed by atoms with Gasteiger partial charge in [0.15, 0.2) is 5.83 Å². The fraction of sp³-hybridized carbons (Fsp3) is 0.438. The average molecular weight is 293 g/mol. The molecular formula is C16H20FNO3. The van der Waals surface area contributed by atoms with E-state index >= 15 is 0 Å². The third-order valence-corrected chi connectivity index (χ3v) is 3.65. The molecule has 0 aromatic heterocycles. The normalized spacial score (nSPS) is 21.3. The number of carbonyl (C=O) groups excluding carboxylic acids is 1.